The minimum Gasteiger partial charge on any atom is -0.303 e. The van der Waals surface area contributed by atoms with Gasteiger partial charge < -0.3 is 4.52 Å². The van der Waals surface area contributed by atoms with Crippen LogP contribution < -0.4 is 0 Å². The zero-order valence-electron chi connectivity index (χ0n) is 18.3. The van der Waals surface area contributed by atoms with E-state index in [1.807, 2.05) is 6.92 Å². The Hall–Kier alpha value is -0.0765. The third kappa shape index (κ3) is 7.23. The molecule has 0 radical (unpaired) electrons. The molecule has 0 atom stereocenters. The second-order valence-electron chi connectivity index (χ2n) is 8.92. The summed E-state index contributed by atoms with van der Waals surface area (Å²) in [6.45, 7) is 5.25. The number of hydrogen-bond acceptors (Lipinski definition) is 2. The van der Waals surface area contributed by atoms with Crippen molar-refractivity contribution in [2.24, 2.45) is 0 Å². The molecule has 3 aliphatic rings. The molecule has 0 saturated heterocycles. The van der Waals surface area contributed by atoms with E-state index < -0.39 is 19.6 Å². The Labute approximate surface area is 191 Å². The predicted octanol–water partition coefficient (Wildman–Crippen LogP) is 8.21. The van der Waals surface area contributed by atoms with Crippen molar-refractivity contribution >= 4 is 13.5 Å². The van der Waals surface area contributed by atoms with E-state index in [1.165, 1.54) is 19.3 Å². The topological polar surface area (TPSA) is 26.3 Å². The van der Waals surface area contributed by atoms with Gasteiger partial charge in [0.1, 0.15) is 17.0 Å². The number of carbonyl (C=O) groups excluding carboxylic acids is 1. The number of rotatable bonds is 4. The van der Waals surface area contributed by atoms with Crippen molar-refractivity contribution in [3.63, 3.8) is 0 Å². The Balaban J connectivity index is 0.00000106. The van der Waals surface area contributed by atoms with Gasteiger partial charge in [0.25, 0.3) is 0 Å². The Morgan fingerprint density at radius 1 is 0.800 bits per heavy atom. The maximum absolute atomic E-state index is 13.2. The van der Waals surface area contributed by atoms with Gasteiger partial charge in [-0.15, -0.1) is 6.58 Å². The molecule has 3 rings (SSSR count). The molecule has 0 bridgehead atoms. The number of hydrogen-bond donors (Lipinski definition) is 0. The van der Waals surface area contributed by atoms with Gasteiger partial charge in [0.2, 0.25) is 7.49 Å². The fraction of sp³-hybridized carbons (Fsp3) is 0.870. The number of alkyl halides is 3. The number of halogens is 3. The van der Waals surface area contributed by atoms with E-state index in [0.29, 0.717) is 0 Å². The van der Waals surface area contributed by atoms with Crippen molar-refractivity contribution in [1.29, 1.82) is 0 Å². The summed E-state index contributed by atoms with van der Waals surface area (Å²) in [6.07, 6.45) is 12.6. The summed E-state index contributed by atoms with van der Waals surface area (Å²) >= 11 is 0. The SMILES string of the molecule is C=CC.O=C(O[P+](C1CCCCC1)(C1CCCCC1)C1CCCCC1)C(F)(F)F.[Ni]. The van der Waals surface area contributed by atoms with Crippen LogP contribution >= 0.6 is 7.49 Å². The van der Waals surface area contributed by atoms with Crippen LogP contribution in [0.5, 0.6) is 0 Å². The molecule has 0 aromatic carbocycles. The van der Waals surface area contributed by atoms with Gasteiger partial charge in [0.05, 0.1) is 0 Å². The third-order valence-corrected chi connectivity index (χ3v) is 12.4. The molecule has 7 heteroatoms. The van der Waals surface area contributed by atoms with E-state index in [4.69, 9.17) is 4.52 Å². The van der Waals surface area contributed by atoms with E-state index in [9.17, 15) is 18.0 Å². The van der Waals surface area contributed by atoms with Gasteiger partial charge in [-0.2, -0.15) is 13.2 Å². The van der Waals surface area contributed by atoms with Crippen LogP contribution in [0.25, 0.3) is 0 Å². The average molecular weight is 494 g/mol. The molecule has 0 spiro atoms. The molecule has 0 aliphatic heterocycles. The van der Waals surface area contributed by atoms with Gasteiger partial charge in [-0.25, -0.2) is 4.79 Å². The van der Waals surface area contributed by atoms with Gasteiger partial charge >= 0.3 is 12.1 Å². The van der Waals surface area contributed by atoms with Crippen LogP contribution in [0.15, 0.2) is 12.7 Å². The van der Waals surface area contributed by atoms with Crippen LogP contribution in [0.4, 0.5) is 13.2 Å². The standard InChI is InChI=1S/C20H33F3O2P.C3H6.Ni/c21-20(22,23)19(24)25-26(16-10-4-1-5-11-16,17-12-6-2-7-13-17)18-14-8-3-9-15-18;1-3-2;/h16-18H,1-15H2;3H,1H2,2H3;/q+1;;. The van der Waals surface area contributed by atoms with Crippen molar-refractivity contribution in [3.8, 4) is 0 Å². The van der Waals surface area contributed by atoms with E-state index in [0.717, 1.165) is 77.0 Å². The van der Waals surface area contributed by atoms with Gasteiger partial charge in [0.15, 0.2) is 0 Å². The molecule has 0 heterocycles. The molecule has 30 heavy (non-hydrogen) atoms. The summed E-state index contributed by atoms with van der Waals surface area (Å²) in [5.41, 5.74) is 0.649. The van der Waals surface area contributed by atoms with Crippen LogP contribution in [0, 0.1) is 0 Å². The van der Waals surface area contributed by atoms with Crippen molar-refractivity contribution in [1.82, 2.24) is 0 Å². The van der Waals surface area contributed by atoms with Crippen LogP contribution in [0.3, 0.4) is 0 Å². The fourth-order valence-electron chi connectivity index (χ4n) is 5.77. The van der Waals surface area contributed by atoms with Gasteiger partial charge in [-0.05, 0) is 84.0 Å². The predicted molar refractivity (Wildman–Crippen MR) is 116 cm³/mol. The largest absolute Gasteiger partial charge is 0.495 e. The van der Waals surface area contributed by atoms with Gasteiger partial charge in [-0.1, -0.05) is 25.3 Å². The molecule has 0 unspecified atom stereocenters. The monoisotopic (exact) mass is 493 g/mol. The molecule has 0 amide bonds. The van der Waals surface area contributed by atoms with E-state index >= 15 is 0 Å². The summed E-state index contributed by atoms with van der Waals surface area (Å²) in [6, 6.07) is 0. The normalized spacial score (nSPS) is 22.3. The molecule has 2 nitrogen and oxygen atoms in total. The number of allylic oxidation sites excluding steroid dienone is 1. The second kappa shape index (κ2) is 13.5. The smallest absolute Gasteiger partial charge is 0.303 e. The maximum atomic E-state index is 13.2. The van der Waals surface area contributed by atoms with Gasteiger partial charge in [0, 0.05) is 16.5 Å². The van der Waals surface area contributed by atoms with Crippen molar-refractivity contribution in [2.75, 3.05) is 0 Å². The van der Waals surface area contributed by atoms with Crippen molar-refractivity contribution < 1.29 is 39.0 Å². The Bertz CT molecular complexity index is 464. The first-order valence-corrected chi connectivity index (χ1v) is 13.5. The summed E-state index contributed by atoms with van der Waals surface area (Å²) in [5.74, 6) is -1.90. The van der Waals surface area contributed by atoms with Crippen LogP contribution in [0.2, 0.25) is 0 Å². The minimum atomic E-state index is -4.87. The van der Waals surface area contributed by atoms with Crippen LogP contribution in [0.1, 0.15) is 103 Å². The molecule has 0 aromatic rings. The third-order valence-electron chi connectivity index (χ3n) is 6.91. The maximum Gasteiger partial charge on any atom is 0.495 e. The van der Waals surface area contributed by atoms with Crippen LogP contribution in [-0.4, -0.2) is 29.1 Å². The Kier molecular flexibility index (Phi) is 12.5. The second-order valence-corrected chi connectivity index (χ2v) is 12.8. The quantitative estimate of drug-likeness (QED) is 0.224. The molecular weight excluding hydrogens is 455 g/mol. The molecule has 178 valence electrons. The average Bonchev–Trinajstić information content (AvgIpc) is 2.73. The molecule has 0 aromatic heterocycles. The summed E-state index contributed by atoms with van der Waals surface area (Å²) in [5, 5.41) is 0. The Morgan fingerprint density at radius 2 is 1.07 bits per heavy atom. The zero-order chi connectivity index (χ0) is 21.3. The zero-order valence-corrected chi connectivity index (χ0v) is 20.2. The summed E-state index contributed by atoms with van der Waals surface area (Å²) in [4.78, 5) is 12.1. The number of carbonyl (C=O) groups is 1. The summed E-state index contributed by atoms with van der Waals surface area (Å²) < 4.78 is 45.4. The van der Waals surface area contributed by atoms with E-state index in [-0.39, 0.29) is 33.5 Å². The first-order chi connectivity index (χ1) is 13.9. The van der Waals surface area contributed by atoms with E-state index in [2.05, 4.69) is 6.58 Å². The first kappa shape index (κ1) is 28.0. The molecule has 3 aliphatic carbocycles. The molecule has 3 fully saturated rings. The van der Waals surface area contributed by atoms with Crippen molar-refractivity contribution in [3.05, 3.63) is 12.7 Å². The van der Waals surface area contributed by atoms with Crippen molar-refractivity contribution in [2.45, 2.75) is 126 Å². The molecular formula is C23H39F3NiO2P+. The Morgan fingerprint density at radius 3 is 1.30 bits per heavy atom. The molecule has 0 N–H and O–H groups in total. The minimum absolute atomic E-state index is 0. The molecule has 3 saturated carbocycles. The summed E-state index contributed by atoms with van der Waals surface area (Å²) in [7, 11) is -2.44. The van der Waals surface area contributed by atoms with E-state index in [1.54, 1.807) is 6.08 Å². The van der Waals surface area contributed by atoms with Crippen LogP contribution in [-0.2, 0) is 25.8 Å². The van der Waals surface area contributed by atoms with Gasteiger partial charge in [-0.3, -0.25) is 0 Å². The first-order valence-electron chi connectivity index (χ1n) is 11.6. The fourth-order valence-corrected chi connectivity index (χ4v) is 11.9.